The molecule has 0 amide bonds. The van der Waals surface area contributed by atoms with Crippen LogP contribution in [0.15, 0.2) is 22.6 Å². The minimum absolute atomic E-state index is 0.0481. The average molecular weight is 211 g/mol. The van der Waals surface area contributed by atoms with E-state index in [4.69, 9.17) is 21.1 Å². The van der Waals surface area contributed by atoms with Crippen LogP contribution < -0.4 is 0 Å². The summed E-state index contributed by atoms with van der Waals surface area (Å²) in [6.45, 7) is 1.68. The van der Waals surface area contributed by atoms with Crippen LogP contribution in [-0.4, -0.2) is 11.1 Å². The van der Waals surface area contributed by atoms with E-state index in [-0.39, 0.29) is 5.76 Å². The zero-order valence-electron chi connectivity index (χ0n) is 7.37. The second-order valence-corrected chi connectivity index (χ2v) is 3.38. The molecule has 0 aliphatic rings. The number of fused-ring (bicyclic) bond motifs is 1. The molecule has 0 spiro atoms. The monoisotopic (exact) mass is 210 g/mol. The van der Waals surface area contributed by atoms with E-state index in [0.29, 0.717) is 21.6 Å². The summed E-state index contributed by atoms with van der Waals surface area (Å²) in [5.74, 6) is -1.12. The Hall–Kier alpha value is -1.48. The molecule has 0 fully saturated rings. The van der Waals surface area contributed by atoms with Crippen LogP contribution in [-0.2, 0) is 0 Å². The number of aryl methyl sites for hydroxylation is 1. The van der Waals surface area contributed by atoms with Gasteiger partial charge in [-0.25, -0.2) is 4.79 Å². The smallest absolute Gasteiger partial charge is 0.372 e. The van der Waals surface area contributed by atoms with Crippen molar-refractivity contribution in [2.24, 2.45) is 0 Å². The lowest BCUT2D eigenvalue weighted by Crippen LogP contribution is -1.95. The first kappa shape index (κ1) is 9.09. The van der Waals surface area contributed by atoms with Crippen LogP contribution in [0.25, 0.3) is 11.0 Å². The fraction of sp³-hybridized carbons (Fsp3) is 0.100. The topological polar surface area (TPSA) is 50.4 Å². The van der Waals surface area contributed by atoms with Crippen molar-refractivity contribution in [3.63, 3.8) is 0 Å². The van der Waals surface area contributed by atoms with E-state index in [1.165, 1.54) is 0 Å². The van der Waals surface area contributed by atoms with Gasteiger partial charge in [-0.1, -0.05) is 17.7 Å². The van der Waals surface area contributed by atoms with E-state index < -0.39 is 5.97 Å². The summed E-state index contributed by atoms with van der Waals surface area (Å²) in [5, 5.41) is 10.0. The molecule has 14 heavy (non-hydrogen) atoms. The van der Waals surface area contributed by atoms with E-state index in [0.717, 1.165) is 0 Å². The number of rotatable bonds is 1. The van der Waals surface area contributed by atoms with Gasteiger partial charge in [0.05, 0.1) is 5.02 Å². The Morgan fingerprint density at radius 1 is 1.50 bits per heavy atom. The van der Waals surface area contributed by atoms with Gasteiger partial charge in [-0.2, -0.15) is 0 Å². The predicted molar refractivity (Wildman–Crippen MR) is 52.9 cm³/mol. The van der Waals surface area contributed by atoms with Crippen molar-refractivity contribution in [1.29, 1.82) is 0 Å². The van der Waals surface area contributed by atoms with E-state index in [2.05, 4.69) is 0 Å². The highest BCUT2D eigenvalue weighted by molar-refractivity contribution is 6.35. The number of hydrogen-bond donors (Lipinski definition) is 1. The molecule has 0 saturated heterocycles. The molecule has 1 aromatic carbocycles. The van der Waals surface area contributed by atoms with Gasteiger partial charge >= 0.3 is 5.97 Å². The summed E-state index contributed by atoms with van der Waals surface area (Å²) in [6, 6.07) is 5.12. The summed E-state index contributed by atoms with van der Waals surface area (Å²) in [4.78, 5) is 10.8. The average Bonchev–Trinajstić information content (AvgIpc) is 2.45. The molecular weight excluding hydrogens is 204 g/mol. The number of benzene rings is 1. The summed E-state index contributed by atoms with van der Waals surface area (Å²) < 4.78 is 5.16. The fourth-order valence-corrected chi connectivity index (χ4v) is 1.77. The van der Waals surface area contributed by atoms with Gasteiger partial charge in [0.15, 0.2) is 0 Å². The zero-order chi connectivity index (χ0) is 10.3. The molecule has 1 heterocycles. The molecule has 0 bridgehead atoms. The van der Waals surface area contributed by atoms with Crippen LogP contribution >= 0.6 is 11.6 Å². The molecule has 2 aromatic rings. The minimum Gasteiger partial charge on any atom is -0.475 e. The van der Waals surface area contributed by atoms with Crippen LogP contribution in [0, 0.1) is 6.92 Å². The van der Waals surface area contributed by atoms with Crippen molar-refractivity contribution in [1.82, 2.24) is 0 Å². The second-order valence-electron chi connectivity index (χ2n) is 2.97. The Labute approximate surface area is 84.9 Å². The molecule has 1 aromatic heterocycles. The van der Waals surface area contributed by atoms with Gasteiger partial charge in [0, 0.05) is 10.9 Å². The molecule has 0 aliphatic carbocycles. The molecule has 0 atom stereocenters. The maximum atomic E-state index is 10.8. The van der Waals surface area contributed by atoms with Crippen LogP contribution in [0.1, 0.15) is 16.1 Å². The summed E-state index contributed by atoms with van der Waals surface area (Å²) in [5.41, 5.74) is 1.07. The largest absolute Gasteiger partial charge is 0.475 e. The number of carbonyl (C=O) groups is 1. The van der Waals surface area contributed by atoms with Crippen LogP contribution in [0.3, 0.4) is 0 Å². The number of halogens is 1. The first-order valence-corrected chi connectivity index (χ1v) is 4.40. The molecule has 0 aliphatic heterocycles. The van der Waals surface area contributed by atoms with Crippen molar-refractivity contribution in [3.8, 4) is 0 Å². The Balaban J connectivity index is 2.87. The third-order valence-corrected chi connectivity index (χ3v) is 2.41. The Kier molecular flexibility index (Phi) is 1.97. The Morgan fingerprint density at radius 2 is 2.21 bits per heavy atom. The second kappa shape index (κ2) is 3.03. The molecule has 0 radical (unpaired) electrons. The highest BCUT2D eigenvalue weighted by atomic mass is 35.5. The predicted octanol–water partition coefficient (Wildman–Crippen LogP) is 3.09. The van der Waals surface area contributed by atoms with Gasteiger partial charge in [-0.3, -0.25) is 0 Å². The van der Waals surface area contributed by atoms with Gasteiger partial charge in [-0.15, -0.1) is 0 Å². The fourth-order valence-electron chi connectivity index (χ4n) is 1.46. The Bertz CT molecular complexity index is 513. The molecule has 0 unspecified atom stereocenters. The third kappa shape index (κ3) is 1.17. The lowest BCUT2D eigenvalue weighted by molar-refractivity contribution is 0.0664. The highest BCUT2D eigenvalue weighted by Gasteiger charge is 2.17. The van der Waals surface area contributed by atoms with Gasteiger partial charge in [0.2, 0.25) is 5.76 Å². The number of hydrogen-bond acceptors (Lipinski definition) is 2. The number of furan rings is 1. The zero-order valence-corrected chi connectivity index (χ0v) is 8.13. The SMILES string of the molecule is Cc1c(C(=O)O)oc2cccc(Cl)c12. The van der Waals surface area contributed by atoms with E-state index >= 15 is 0 Å². The van der Waals surface area contributed by atoms with Crippen LogP contribution in [0.4, 0.5) is 0 Å². The summed E-state index contributed by atoms with van der Waals surface area (Å²) in [7, 11) is 0. The standard InChI is InChI=1S/C10H7ClO3/c1-5-8-6(11)3-2-4-7(8)14-9(5)10(12)13/h2-4H,1H3,(H,12,13). The highest BCUT2D eigenvalue weighted by Crippen LogP contribution is 2.30. The lowest BCUT2D eigenvalue weighted by atomic mass is 10.1. The first-order valence-electron chi connectivity index (χ1n) is 4.02. The van der Waals surface area contributed by atoms with Gasteiger partial charge in [0.1, 0.15) is 5.58 Å². The number of aromatic carboxylic acids is 1. The van der Waals surface area contributed by atoms with Crippen molar-refractivity contribution < 1.29 is 14.3 Å². The van der Waals surface area contributed by atoms with E-state index in [9.17, 15) is 4.79 Å². The van der Waals surface area contributed by atoms with Crippen molar-refractivity contribution in [2.45, 2.75) is 6.92 Å². The normalized spacial score (nSPS) is 10.7. The number of carboxylic acid groups (broad SMARTS) is 1. The quantitative estimate of drug-likeness (QED) is 0.787. The first-order chi connectivity index (χ1) is 6.61. The maximum absolute atomic E-state index is 10.8. The summed E-state index contributed by atoms with van der Waals surface area (Å²) in [6.07, 6.45) is 0. The van der Waals surface area contributed by atoms with Gasteiger partial charge in [0.25, 0.3) is 0 Å². The van der Waals surface area contributed by atoms with Crippen molar-refractivity contribution >= 4 is 28.5 Å². The third-order valence-electron chi connectivity index (χ3n) is 2.10. The van der Waals surface area contributed by atoms with Gasteiger partial charge in [-0.05, 0) is 19.1 Å². The maximum Gasteiger partial charge on any atom is 0.372 e. The molecular formula is C10H7ClO3. The molecule has 1 N–H and O–H groups in total. The minimum atomic E-state index is -1.07. The van der Waals surface area contributed by atoms with Crippen molar-refractivity contribution in [2.75, 3.05) is 0 Å². The Morgan fingerprint density at radius 3 is 2.79 bits per heavy atom. The van der Waals surface area contributed by atoms with Crippen LogP contribution in [0.2, 0.25) is 5.02 Å². The van der Waals surface area contributed by atoms with Gasteiger partial charge < -0.3 is 9.52 Å². The molecule has 2 rings (SSSR count). The van der Waals surface area contributed by atoms with E-state index in [1.807, 2.05) is 0 Å². The molecule has 72 valence electrons. The van der Waals surface area contributed by atoms with E-state index in [1.54, 1.807) is 25.1 Å². The molecule has 0 saturated carbocycles. The summed E-state index contributed by atoms with van der Waals surface area (Å²) >= 11 is 5.93. The molecule has 3 nitrogen and oxygen atoms in total. The number of carboxylic acids is 1. The molecule has 4 heteroatoms. The lowest BCUT2D eigenvalue weighted by Gasteiger charge is -1.91. The van der Waals surface area contributed by atoms with Crippen LogP contribution in [0.5, 0.6) is 0 Å². The van der Waals surface area contributed by atoms with Crippen molar-refractivity contribution in [3.05, 3.63) is 34.5 Å².